The van der Waals surface area contributed by atoms with Gasteiger partial charge in [-0.15, -0.1) is 6.58 Å². The highest BCUT2D eigenvalue weighted by atomic mass is 16.3. The van der Waals surface area contributed by atoms with E-state index in [0.29, 0.717) is 23.1 Å². The maximum atomic E-state index is 13.6. The third-order valence-corrected chi connectivity index (χ3v) is 7.96. The Morgan fingerprint density at radius 2 is 1.94 bits per heavy atom. The molecule has 1 fully saturated rings. The normalized spacial score (nSPS) is 27.9. The molecule has 2 aliphatic carbocycles. The Bertz CT molecular complexity index is 1450. The van der Waals surface area contributed by atoms with E-state index < -0.39 is 34.7 Å². The average Bonchev–Trinajstić information content (AvgIpc) is 3.03. The lowest BCUT2D eigenvalue weighted by molar-refractivity contribution is -0.139. The Morgan fingerprint density at radius 1 is 1.21 bits per heavy atom. The molecule has 0 bridgehead atoms. The van der Waals surface area contributed by atoms with Crippen molar-refractivity contribution in [2.75, 3.05) is 0 Å². The summed E-state index contributed by atoms with van der Waals surface area (Å²) in [5.74, 6) is -1.60. The summed E-state index contributed by atoms with van der Waals surface area (Å²) in [5, 5.41) is 11.3. The van der Waals surface area contributed by atoms with Gasteiger partial charge < -0.3 is 5.11 Å². The van der Waals surface area contributed by atoms with E-state index in [4.69, 9.17) is 0 Å². The molecule has 1 saturated carbocycles. The summed E-state index contributed by atoms with van der Waals surface area (Å²) < 4.78 is 3.85. The van der Waals surface area contributed by atoms with Gasteiger partial charge in [0.1, 0.15) is 5.75 Å². The molecule has 8 heteroatoms. The standard InChI is InChI=1S/C26H27N3O5/c1-5-7-15-8-6-9-17(23(15)32)21-16-10-11-28-24(33)27(4)25(34)29(28)19(16)13-18-22(31)14(2)12-20(30)26(18,21)3/h5-6,8-10,12,18-19,21,32H,1,7,11,13H2,2-4H3/t18-,19+,21+,26-/m0/s1. The SMILES string of the molecule is C=CCc1cccc([C@H]2C3=CCn4c(=O)n(C)c(=O)n4[C@@H]3C[C@H]3C(=O)C(C)=CC(=O)[C@@]23C)c1O. The van der Waals surface area contributed by atoms with E-state index in [1.165, 1.54) is 22.5 Å². The zero-order valence-corrected chi connectivity index (χ0v) is 19.4. The highest BCUT2D eigenvalue weighted by molar-refractivity contribution is 6.13. The van der Waals surface area contributed by atoms with E-state index >= 15 is 0 Å². The number of Topliss-reactive ketones (excluding diaryl/α,β-unsaturated/α-hetero) is 1. The van der Waals surface area contributed by atoms with Gasteiger partial charge in [-0.25, -0.2) is 23.5 Å². The summed E-state index contributed by atoms with van der Waals surface area (Å²) in [6.07, 6.45) is 5.64. The van der Waals surface area contributed by atoms with Crippen molar-refractivity contribution in [1.82, 2.24) is 13.9 Å². The maximum Gasteiger partial charge on any atom is 0.347 e. The molecule has 1 aromatic carbocycles. The van der Waals surface area contributed by atoms with Crippen LogP contribution >= 0.6 is 0 Å². The fourth-order valence-electron chi connectivity index (χ4n) is 6.16. The average molecular weight is 462 g/mol. The van der Waals surface area contributed by atoms with Crippen molar-refractivity contribution in [2.24, 2.45) is 18.4 Å². The van der Waals surface area contributed by atoms with Crippen LogP contribution < -0.4 is 11.4 Å². The minimum absolute atomic E-state index is 0.0591. The van der Waals surface area contributed by atoms with Crippen LogP contribution in [0.25, 0.3) is 0 Å². The van der Waals surface area contributed by atoms with Gasteiger partial charge in [0, 0.05) is 24.4 Å². The first kappa shape index (κ1) is 22.1. The van der Waals surface area contributed by atoms with Crippen molar-refractivity contribution >= 4 is 11.6 Å². The van der Waals surface area contributed by atoms with Crippen molar-refractivity contribution < 1.29 is 14.7 Å². The topological polar surface area (TPSA) is 103 Å². The number of rotatable bonds is 3. The Morgan fingerprint density at radius 3 is 2.65 bits per heavy atom. The van der Waals surface area contributed by atoms with E-state index in [1.54, 1.807) is 32.1 Å². The van der Waals surface area contributed by atoms with Crippen LogP contribution in [0.4, 0.5) is 0 Å². The monoisotopic (exact) mass is 461 g/mol. The summed E-state index contributed by atoms with van der Waals surface area (Å²) >= 11 is 0. The summed E-state index contributed by atoms with van der Waals surface area (Å²) in [6.45, 7) is 7.35. The molecular weight excluding hydrogens is 434 g/mol. The van der Waals surface area contributed by atoms with Crippen LogP contribution in [0.1, 0.15) is 43.4 Å². The molecule has 0 unspecified atom stereocenters. The lowest BCUT2D eigenvalue weighted by Crippen LogP contribution is -2.54. The van der Waals surface area contributed by atoms with Gasteiger partial charge in [0.2, 0.25) is 0 Å². The first-order chi connectivity index (χ1) is 16.1. The molecule has 2 heterocycles. The number of phenols is 1. The molecule has 1 aromatic heterocycles. The first-order valence-corrected chi connectivity index (χ1v) is 11.4. The fraction of sp³-hybridized carbons (Fsp3) is 0.385. The smallest absolute Gasteiger partial charge is 0.347 e. The van der Waals surface area contributed by atoms with Crippen LogP contribution in [0, 0.1) is 11.3 Å². The molecule has 4 atom stereocenters. The van der Waals surface area contributed by atoms with Crippen LogP contribution in [0.5, 0.6) is 5.75 Å². The summed E-state index contributed by atoms with van der Waals surface area (Å²) in [4.78, 5) is 52.7. The minimum atomic E-state index is -1.13. The second-order valence-electron chi connectivity index (χ2n) is 9.68. The number of hydrogen-bond donors (Lipinski definition) is 1. The fourth-order valence-corrected chi connectivity index (χ4v) is 6.16. The number of para-hydroxylation sites is 1. The molecule has 1 aliphatic heterocycles. The summed E-state index contributed by atoms with van der Waals surface area (Å²) in [7, 11) is 1.43. The predicted molar refractivity (Wildman–Crippen MR) is 126 cm³/mol. The molecule has 176 valence electrons. The summed E-state index contributed by atoms with van der Waals surface area (Å²) in [5.41, 5.74) is 0.336. The molecule has 34 heavy (non-hydrogen) atoms. The largest absolute Gasteiger partial charge is 0.507 e. The highest BCUT2D eigenvalue weighted by Crippen LogP contribution is 2.60. The number of carbonyl (C=O) groups excluding carboxylic acids is 2. The van der Waals surface area contributed by atoms with Crippen molar-refractivity contribution in [2.45, 2.75) is 45.2 Å². The molecule has 3 aliphatic rings. The predicted octanol–water partition coefficient (Wildman–Crippen LogP) is 2.17. The first-order valence-electron chi connectivity index (χ1n) is 11.4. The van der Waals surface area contributed by atoms with Crippen LogP contribution in [0.2, 0.25) is 0 Å². The lowest BCUT2D eigenvalue weighted by Gasteiger charge is -2.52. The van der Waals surface area contributed by atoms with Gasteiger partial charge in [0.15, 0.2) is 11.6 Å². The third-order valence-electron chi connectivity index (χ3n) is 7.96. The number of aromatic nitrogens is 3. The molecule has 0 amide bonds. The van der Waals surface area contributed by atoms with Gasteiger partial charge in [0.05, 0.1) is 18.0 Å². The molecule has 1 N–H and O–H groups in total. The van der Waals surface area contributed by atoms with Crippen molar-refractivity contribution in [3.8, 4) is 5.75 Å². The van der Waals surface area contributed by atoms with Crippen molar-refractivity contribution in [3.05, 3.63) is 86.2 Å². The lowest BCUT2D eigenvalue weighted by atomic mass is 9.51. The molecule has 8 nitrogen and oxygen atoms in total. The number of fused-ring (bicyclic) bond motifs is 4. The third kappa shape index (κ3) is 2.71. The Kier molecular flexibility index (Phi) is 4.83. The van der Waals surface area contributed by atoms with Crippen molar-refractivity contribution in [1.29, 1.82) is 0 Å². The molecule has 0 saturated heterocycles. The van der Waals surface area contributed by atoms with Gasteiger partial charge in [-0.05, 0) is 42.6 Å². The molecule has 2 aromatic rings. The molecule has 5 rings (SSSR count). The Hall–Kier alpha value is -3.68. The van der Waals surface area contributed by atoms with E-state index in [-0.39, 0.29) is 30.3 Å². The number of ketones is 2. The number of nitrogens with zero attached hydrogens (tertiary/aromatic N) is 3. The highest BCUT2D eigenvalue weighted by Gasteiger charge is 2.59. The van der Waals surface area contributed by atoms with Crippen LogP contribution in [-0.4, -0.2) is 30.6 Å². The molecule has 0 radical (unpaired) electrons. The van der Waals surface area contributed by atoms with Crippen LogP contribution in [0.15, 0.2) is 63.7 Å². The van der Waals surface area contributed by atoms with Gasteiger partial charge in [-0.3, -0.25) is 9.59 Å². The number of aromatic hydroxyl groups is 1. The van der Waals surface area contributed by atoms with Gasteiger partial charge >= 0.3 is 11.4 Å². The number of hydrogen-bond acceptors (Lipinski definition) is 5. The second-order valence-corrected chi connectivity index (χ2v) is 9.68. The summed E-state index contributed by atoms with van der Waals surface area (Å²) in [6, 6.07) is 4.81. The van der Waals surface area contributed by atoms with Gasteiger partial charge in [-0.2, -0.15) is 0 Å². The molecule has 0 spiro atoms. The number of phenolic OH excluding ortho intramolecular Hbond substituents is 1. The van der Waals surface area contributed by atoms with E-state index in [0.717, 1.165) is 10.1 Å². The zero-order valence-electron chi connectivity index (χ0n) is 19.4. The Balaban J connectivity index is 1.81. The number of allylic oxidation sites excluding steroid dienone is 5. The van der Waals surface area contributed by atoms with Gasteiger partial charge in [0.25, 0.3) is 0 Å². The zero-order chi connectivity index (χ0) is 24.5. The number of carbonyl (C=O) groups is 2. The van der Waals surface area contributed by atoms with Crippen LogP contribution in [-0.2, 0) is 29.6 Å². The minimum Gasteiger partial charge on any atom is -0.507 e. The van der Waals surface area contributed by atoms with E-state index in [2.05, 4.69) is 6.58 Å². The molecular formula is C26H27N3O5. The second kappa shape index (κ2) is 7.41. The van der Waals surface area contributed by atoms with E-state index in [9.17, 15) is 24.3 Å². The number of benzene rings is 1. The van der Waals surface area contributed by atoms with Crippen LogP contribution in [0.3, 0.4) is 0 Å². The maximum absolute atomic E-state index is 13.6. The quantitative estimate of drug-likeness (QED) is 0.706. The Labute approximate surface area is 196 Å². The van der Waals surface area contributed by atoms with E-state index in [1.807, 2.05) is 12.1 Å². The van der Waals surface area contributed by atoms with Crippen molar-refractivity contribution in [3.63, 3.8) is 0 Å². The van der Waals surface area contributed by atoms with Gasteiger partial charge in [-0.1, -0.05) is 37.3 Å².